The van der Waals surface area contributed by atoms with Crippen molar-refractivity contribution in [2.24, 2.45) is 0 Å². The third-order valence-electron chi connectivity index (χ3n) is 1.70. The number of nitrogens with zero attached hydrogens (tertiary/aromatic N) is 1. The Bertz CT molecular complexity index is 250. The summed E-state index contributed by atoms with van der Waals surface area (Å²) in [5.41, 5.74) is 1.30. The van der Waals surface area contributed by atoms with Gasteiger partial charge in [0.05, 0.1) is 0 Å². The number of hydrogen-bond donors (Lipinski definition) is 1. The zero-order chi connectivity index (χ0) is 9.52. The van der Waals surface area contributed by atoms with Crippen LogP contribution in [0.1, 0.15) is 19.4 Å². The highest BCUT2D eigenvalue weighted by atomic mass is 32.2. The lowest BCUT2D eigenvalue weighted by Gasteiger charge is -2.07. The molecule has 1 rings (SSSR count). The summed E-state index contributed by atoms with van der Waals surface area (Å²) < 4.78 is 0. The molecule has 2 nitrogen and oxygen atoms in total. The van der Waals surface area contributed by atoms with E-state index in [0.29, 0.717) is 0 Å². The molecule has 0 saturated carbocycles. The highest BCUT2D eigenvalue weighted by molar-refractivity contribution is 7.98. The summed E-state index contributed by atoms with van der Waals surface area (Å²) in [5, 5.41) is 3.26. The minimum Gasteiger partial charge on any atom is -0.370 e. The van der Waals surface area contributed by atoms with E-state index in [4.69, 9.17) is 0 Å². The van der Waals surface area contributed by atoms with Gasteiger partial charge >= 0.3 is 0 Å². The Morgan fingerprint density at radius 1 is 1.46 bits per heavy atom. The summed E-state index contributed by atoms with van der Waals surface area (Å²) in [6, 6.07) is 4.13. The van der Waals surface area contributed by atoms with Crippen molar-refractivity contribution in [1.29, 1.82) is 0 Å². The van der Waals surface area contributed by atoms with Crippen molar-refractivity contribution in [1.82, 2.24) is 4.98 Å². The topological polar surface area (TPSA) is 24.9 Å². The second-order valence-electron chi connectivity index (χ2n) is 2.68. The monoisotopic (exact) mass is 196 g/mol. The molecule has 0 fully saturated rings. The summed E-state index contributed by atoms with van der Waals surface area (Å²) in [6.07, 6.45) is 1.83. The van der Waals surface area contributed by atoms with E-state index in [1.165, 1.54) is 5.56 Å². The molecule has 13 heavy (non-hydrogen) atoms. The van der Waals surface area contributed by atoms with Crippen LogP contribution in [0.2, 0.25) is 0 Å². The SMILES string of the molecule is CCNc1ncccc1CSCC. The van der Waals surface area contributed by atoms with Crippen LogP contribution in [0, 0.1) is 0 Å². The molecule has 0 aliphatic carbocycles. The quantitative estimate of drug-likeness (QED) is 0.784. The molecule has 0 saturated heterocycles. The molecule has 0 unspecified atom stereocenters. The van der Waals surface area contributed by atoms with Gasteiger partial charge in [0.2, 0.25) is 0 Å². The fourth-order valence-corrected chi connectivity index (χ4v) is 1.75. The van der Waals surface area contributed by atoms with Gasteiger partial charge in [-0.1, -0.05) is 13.0 Å². The highest BCUT2D eigenvalue weighted by Gasteiger charge is 2.00. The standard InChI is InChI=1S/C10H16N2S/c1-3-11-10-9(8-13-4-2)6-5-7-12-10/h5-7H,3-4,8H2,1-2H3,(H,11,12). The Kier molecular flexibility index (Phi) is 4.68. The van der Waals surface area contributed by atoms with Crippen molar-refractivity contribution >= 4 is 17.6 Å². The summed E-state index contributed by atoms with van der Waals surface area (Å²) >= 11 is 1.92. The van der Waals surface area contributed by atoms with Crippen LogP contribution >= 0.6 is 11.8 Å². The zero-order valence-electron chi connectivity index (χ0n) is 8.21. The second-order valence-corrected chi connectivity index (χ2v) is 3.95. The maximum Gasteiger partial charge on any atom is 0.129 e. The van der Waals surface area contributed by atoms with E-state index < -0.39 is 0 Å². The van der Waals surface area contributed by atoms with Crippen molar-refractivity contribution < 1.29 is 0 Å². The molecule has 0 bridgehead atoms. The predicted molar refractivity (Wildman–Crippen MR) is 60.2 cm³/mol. The summed E-state index contributed by atoms with van der Waals surface area (Å²) in [4.78, 5) is 4.30. The number of anilines is 1. The number of pyridine rings is 1. The summed E-state index contributed by atoms with van der Waals surface area (Å²) in [6.45, 7) is 5.19. The normalized spacial score (nSPS) is 10.0. The number of hydrogen-bond acceptors (Lipinski definition) is 3. The van der Waals surface area contributed by atoms with Gasteiger partial charge in [0.15, 0.2) is 0 Å². The third-order valence-corrected chi connectivity index (χ3v) is 2.62. The highest BCUT2D eigenvalue weighted by Crippen LogP contribution is 2.17. The summed E-state index contributed by atoms with van der Waals surface area (Å²) in [5.74, 6) is 3.23. The minimum absolute atomic E-state index is 0.931. The van der Waals surface area contributed by atoms with Gasteiger partial charge in [-0.05, 0) is 18.7 Å². The van der Waals surface area contributed by atoms with Gasteiger partial charge in [-0.15, -0.1) is 0 Å². The lowest BCUT2D eigenvalue weighted by Crippen LogP contribution is -2.02. The van der Waals surface area contributed by atoms with E-state index in [2.05, 4.69) is 30.2 Å². The molecule has 0 aliphatic heterocycles. The molecular formula is C10H16N2S. The molecule has 1 heterocycles. The third kappa shape index (κ3) is 3.27. The van der Waals surface area contributed by atoms with Gasteiger partial charge in [0.1, 0.15) is 5.82 Å². The molecule has 0 radical (unpaired) electrons. The Morgan fingerprint density at radius 2 is 2.31 bits per heavy atom. The molecule has 1 aromatic rings. The maximum atomic E-state index is 4.30. The van der Waals surface area contributed by atoms with Crippen LogP contribution in [-0.2, 0) is 5.75 Å². The number of nitrogens with one attached hydrogen (secondary N) is 1. The van der Waals surface area contributed by atoms with Crippen LogP contribution in [0.15, 0.2) is 18.3 Å². The second kappa shape index (κ2) is 5.86. The average Bonchev–Trinajstić information content (AvgIpc) is 2.17. The van der Waals surface area contributed by atoms with Crippen LogP contribution in [0.3, 0.4) is 0 Å². The number of rotatable bonds is 5. The van der Waals surface area contributed by atoms with Crippen LogP contribution in [0.25, 0.3) is 0 Å². The summed E-state index contributed by atoms with van der Waals surface area (Å²) in [7, 11) is 0. The van der Waals surface area contributed by atoms with Crippen LogP contribution < -0.4 is 5.32 Å². The molecule has 72 valence electrons. The van der Waals surface area contributed by atoms with Crippen LogP contribution in [-0.4, -0.2) is 17.3 Å². The van der Waals surface area contributed by atoms with Crippen molar-refractivity contribution in [3.05, 3.63) is 23.9 Å². The Balaban J connectivity index is 2.66. The molecule has 1 N–H and O–H groups in total. The molecule has 0 aliphatic rings. The molecule has 1 aromatic heterocycles. The first-order valence-corrected chi connectivity index (χ1v) is 5.79. The molecule has 3 heteroatoms. The minimum atomic E-state index is 0.931. The molecule has 0 aromatic carbocycles. The van der Waals surface area contributed by atoms with E-state index in [9.17, 15) is 0 Å². The number of thioether (sulfide) groups is 1. The molecule has 0 atom stereocenters. The van der Waals surface area contributed by atoms with E-state index in [1.54, 1.807) is 0 Å². The maximum absolute atomic E-state index is 4.30. The van der Waals surface area contributed by atoms with E-state index in [0.717, 1.165) is 23.9 Å². The first-order chi connectivity index (χ1) is 6.38. The van der Waals surface area contributed by atoms with Crippen molar-refractivity contribution in [3.8, 4) is 0 Å². The van der Waals surface area contributed by atoms with Gasteiger partial charge in [0.25, 0.3) is 0 Å². The largest absolute Gasteiger partial charge is 0.370 e. The first kappa shape index (κ1) is 10.4. The Hall–Kier alpha value is -0.700. The van der Waals surface area contributed by atoms with Gasteiger partial charge in [-0.25, -0.2) is 4.98 Å². The Labute approximate surface area is 84.1 Å². The lowest BCUT2D eigenvalue weighted by atomic mass is 10.3. The molecular weight excluding hydrogens is 180 g/mol. The smallest absolute Gasteiger partial charge is 0.129 e. The van der Waals surface area contributed by atoms with Crippen molar-refractivity contribution in [2.45, 2.75) is 19.6 Å². The predicted octanol–water partition coefficient (Wildman–Crippen LogP) is 2.77. The van der Waals surface area contributed by atoms with Gasteiger partial charge in [-0.3, -0.25) is 0 Å². The Morgan fingerprint density at radius 3 is 3.00 bits per heavy atom. The van der Waals surface area contributed by atoms with Crippen LogP contribution in [0.5, 0.6) is 0 Å². The van der Waals surface area contributed by atoms with Crippen molar-refractivity contribution in [2.75, 3.05) is 17.6 Å². The van der Waals surface area contributed by atoms with E-state index in [-0.39, 0.29) is 0 Å². The first-order valence-electron chi connectivity index (χ1n) is 4.64. The van der Waals surface area contributed by atoms with E-state index in [1.807, 2.05) is 24.0 Å². The molecule has 0 spiro atoms. The zero-order valence-corrected chi connectivity index (χ0v) is 9.03. The fourth-order valence-electron chi connectivity index (χ4n) is 1.09. The average molecular weight is 196 g/mol. The lowest BCUT2D eigenvalue weighted by molar-refractivity contribution is 1.13. The van der Waals surface area contributed by atoms with Gasteiger partial charge < -0.3 is 5.32 Å². The number of aromatic nitrogens is 1. The van der Waals surface area contributed by atoms with Gasteiger partial charge in [0, 0.05) is 24.1 Å². The van der Waals surface area contributed by atoms with Crippen molar-refractivity contribution in [3.63, 3.8) is 0 Å². The molecule has 0 amide bonds. The fraction of sp³-hybridized carbons (Fsp3) is 0.500. The van der Waals surface area contributed by atoms with Crippen LogP contribution in [0.4, 0.5) is 5.82 Å². The van der Waals surface area contributed by atoms with E-state index >= 15 is 0 Å². The van der Waals surface area contributed by atoms with Gasteiger partial charge in [-0.2, -0.15) is 11.8 Å².